The minimum Gasteiger partial charge on any atom is -0.422 e. The van der Waals surface area contributed by atoms with Gasteiger partial charge in [0.05, 0.1) is 5.69 Å². The second-order valence-corrected chi connectivity index (χ2v) is 7.96. The van der Waals surface area contributed by atoms with Crippen LogP contribution in [0.3, 0.4) is 0 Å². The lowest BCUT2D eigenvalue weighted by Crippen LogP contribution is -2.34. The van der Waals surface area contributed by atoms with E-state index in [0.717, 1.165) is 6.39 Å². The number of rotatable bonds is 5. The predicted molar refractivity (Wildman–Crippen MR) is 115 cm³/mol. The quantitative estimate of drug-likeness (QED) is 0.317. The average molecular weight is 510 g/mol. The number of aliphatic hydroxyl groups is 1. The first-order valence-corrected chi connectivity index (χ1v) is 10.4. The number of aromatic nitrogens is 5. The zero-order chi connectivity index (χ0) is 25.0. The summed E-state index contributed by atoms with van der Waals surface area (Å²) < 4.78 is 75.5. The summed E-state index contributed by atoms with van der Waals surface area (Å²) in [6, 6.07) is 9.77. The molecule has 5 rings (SSSR count). The third-order valence-electron chi connectivity index (χ3n) is 5.39. The number of benzene rings is 1. The molecule has 180 valence electrons. The number of nitrogens with zero attached hydrogens (tertiary/aromatic N) is 5. The summed E-state index contributed by atoms with van der Waals surface area (Å²) in [6.07, 6.45) is -4.87. The van der Waals surface area contributed by atoms with Crippen molar-refractivity contribution < 1.29 is 31.5 Å². The Morgan fingerprint density at radius 1 is 1.00 bits per heavy atom. The van der Waals surface area contributed by atoms with E-state index < -0.39 is 17.8 Å². The topological polar surface area (TPSA) is 89.3 Å². The SMILES string of the molecule is OCCc1c(-c2nnco2)nc2ccc3c(-c4ccc(Cl)cc4)cc(C(F)(F)C(F)(F)F)nc3n12. The fourth-order valence-electron chi connectivity index (χ4n) is 3.81. The van der Waals surface area contributed by atoms with Crippen LogP contribution in [0, 0.1) is 0 Å². The van der Waals surface area contributed by atoms with Crippen molar-refractivity contribution in [3.63, 3.8) is 0 Å². The van der Waals surface area contributed by atoms with Gasteiger partial charge in [-0.05, 0) is 41.5 Å². The molecule has 35 heavy (non-hydrogen) atoms. The molecule has 0 radical (unpaired) electrons. The summed E-state index contributed by atoms with van der Waals surface area (Å²) in [5.41, 5.74) is -0.701. The van der Waals surface area contributed by atoms with Crippen LogP contribution in [0.25, 0.3) is 39.4 Å². The summed E-state index contributed by atoms with van der Waals surface area (Å²) in [7, 11) is 0. The molecule has 0 aliphatic rings. The molecule has 4 aromatic heterocycles. The Kier molecular flexibility index (Phi) is 5.44. The Bertz CT molecular complexity index is 1530. The molecule has 0 saturated heterocycles. The minimum atomic E-state index is -5.88. The number of imidazole rings is 1. The first-order valence-electron chi connectivity index (χ1n) is 10.0. The highest BCUT2D eigenvalue weighted by Crippen LogP contribution is 2.45. The Hall–Kier alpha value is -3.64. The lowest BCUT2D eigenvalue weighted by atomic mass is 10.00. The van der Waals surface area contributed by atoms with Gasteiger partial charge in [-0.1, -0.05) is 23.7 Å². The van der Waals surface area contributed by atoms with Crippen LogP contribution >= 0.6 is 11.6 Å². The normalized spacial score (nSPS) is 12.7. The molecule has 13 heteroatoms. The van der Waals surface area contributed by atoms with Crippen molar-refractivity contribution in [1.82, 2.24) is 24.6 Å². The zero-order valence-corrected chi connectivity index (χ0v) is 18.1. The molecular formula is C22H13ClF5N5O2. The van der Waals surface area contributed by atoms with Crippen LogP contribution in [0.15, 0.2) is 53.3 Å². The number of aliphatic hydroxyl groups excluding tert-OH is 1. The molecule has 0 bridgehead atoms. The van der Waals surface area contributed by atoms with Gasteiger partial charge in [-0.2, -0.15) is 22.0 Å². The summed E-state index contributed by atoms with van der Waals surface area (Å²) in [6.45, 7) is -0.381. The van der Waals surface area contributed by atoms with E-state index in [4.69, 9.17) is 16.0 Å². The summed E-state index contributed by atoms with van der Waals surface area (Å²) >= 11 is 5.93. The maximum atomic E-state index is 14.5. The standard InChI is InChI=1S/C22H13ClF5N5O2/c23-12-3-1-11(2-4-12)14-9-16(21(24,25)22(26,27)28)30-19-13(14)5-6-17-31-18(20-32-29-10-35-20)15(7-8-34)33(17)19/h1-6,9-10,34H,7-8H2. The van der Waals surface area contributed by atoms with Gasteiger partial charge in [-0.3, -0.25) is 4.40 Å². The zero-order valence-electron chi connectivity index (χ0n) is 17.4. The molecule has 0 fully saturated rings. The van der Waals surface area contributed by atoms with Gasteiger partial charge in [0.15, 0.2) is 0 Å². The van der Waals surface area contributed by atoms with Gasteiger partial charge in [0, 0.05) is 23.4 Å². The molecule has 0 atom stereocenters. The first kappa shape index (κ1) is 23.1. The van der Waals surface area contributed by atoms with Gasteiger partial charge < -0.3 is 9.52 Å². The molecule has 0 aliphatic heterocycles. The first-order chi connectivity index (χ1) is 16.6. The molecule has 4 heterocycles. The van der Waals surface area contributed by atoms with Crippen molar-refractivity contribution in [2.45, 2.75) is 18.5 Å². The van der Waals surface area contributed by atoms with Gasteiger partial charge in [0.1, 0.15) is 22.7 Å². The summed E-state index contributed by atoms with van der Waals surface area (Å²) in [5, 5.41) is 17.6. The van der Waals surface area contributed by atoms with Crippen LogP contribution in [0.2, 0.25) is 5.02 Å². The second kappa shape index (κ2) is 8.24. The number of hydrogen-bond donors (Lipinski definition) is 1. The third-order valence-corrected chi connectivity index (χ3v) is 5.64. The second-order valence-electron chi connectivity index (χ2n) is 7.52. The molecular weight excluding hydrogens is 497 g/mol. The Morgan fingerprint density at radius 3 is 2.37 bits per heavy atom. The van der Waals surface area contributed by atoms with Gasteiger partial charge in [0.2, 0.25) is 6.39 Å². The summed E-state index contributed by atoms with van der Waals surface area (Å²) in [4.78, 5) is 8.13. The van der Waals surface area contributed by atoms with Crippen molar-refractivity contribution >= 4 is 28.3 Å². The van der Waals surface area contributed by atoms with E-state index in [-0.39, 0.29) is 52.6 Å². The van der Waals surface area contributed by atoms with Crippen LogP contribution < -0.4 is 0 Å². The highest BCUT2D eigenvalue weighted by Gasteiger charge is 2.60. The monoisotopic (exact) mass is 509 g/mol. The van der Waals surface area contributed by atoms with Gasteiger partial charge in [0.25, 0.3) is 5.89 Å². The molecule has 0 spiro atoms. The molecule has 0 unspecified atom stereocenters. The van der Waals surface area contributed by atoms with Gasteiger partial charge >= 0.3 is 12.1 Å². The highest BCUT2D eigenvalue weighted by atomic mass is 35.5. The highest BCUT2D eigenvalue weighted by molar-refractivity contribution is 6.30. The van der Waals surface area contributed by atoms with E-state index in [1.54, 1.807) is 6.07 Å². The van der Waals surface area contributed by atoms with Gasteiger partial charge in [-0.25, -0.2) is 9.97 Å². The Balaban J connectivity index is 1.91. The molecule has 0 saturated carbocycles. The number of halogens is 6. The molecule has 7 nitrogen and oxygen atoms in total. The number of fused-ring (bicyclic) bond motifs is 3. The van der Waals surface area contributed by atoms with E-state index in [9.17, 15) is 27.1 Å². The maximum Gasteiger partial charge on any atom is 0.459 e. The lowest BCUT2D eigenvalue weighted by Gasteiger charge is -2.21. The van der Waals surface area contributed by atoms with E-state index in [2.05, 4.69) is 20.2 Å². The van der Waals surface area contributed by atoms with Crippen molar-refractivity contribution in [2.24, 2.45) is 0 Å². The largest absolute Gasteiger partial charge is 0.459 e. The molecule has 1 N–H and O–H groups in total. The number of alkyl halides is 5. The lowest BCUT2D eigenvalue weighted by molar-refractivity contribution is -0.290. The van der Waals surface area contributed by atoms with Crippen molar-refractivity contribution in [3.8, 4) is 22.7 Å². The van der Waals surface area contributed by atoms with Crippen LogP contribution in [0.5, 0.6) is 0 Å². The van der Waals surface area contributed by atoms with Crippen LogP contribution in [-0.2, 0) is 12.3 Å². The maximum absolute atomic E-state index is 14.5. The van der Waals surface area contributed by atoms with Crippen LogP contribution in [0.4, 0.5) is 22.0 Å². The number of hydrogen-bond acceptors (Lipinski definition) is 6. The predicted octanol–water partition coefficient (Wildman–Crippen LogP) is 5.44. The molecule has 0 aliphatic carbocycles. The van der Waals surface area contributed by atoms with E-state index in [1.807, 2.05) is 0 Å². The molecule has 0 amide bonds. The Morgan fingerprint density at radius 2 is 1.74 bits per heavy atom. The van der Waals surface area contributed by atoms with Crippen molar-refractivity contribution in [2.75, 3.05) is 6.61 Å². The van der Waals surface area contributed by atoms with E-state index in [1.165, 1.54) is 34.7 Å². The average Bonchev–Trinajstić information content (AvgIpc) is 3.46. The van der Waals surface area contributed by atoms with Crippen molar-refractivity contribution in [3.05, 3.63) is 65.3 Å². The van der Waals surface area contributed by atoms with Crippen molar-refractivity contribution in [1.29, 1.82) is 0 Å². The summed E-state index contributed by atoms with van der Waals surface area (Å²) in [5.74, 6) is -5.25. The number of pyridine rings is 2. The fourth-order valence-corrected chi connectivity index (χ4v) is 3.94. The smallest absolute Gasteiger partial charge is 0.422 e. The van der Waals surface area contributed by atoms with Crippen LogP contribution in [-0.4, -0.2) is 42.5 Å². The fraction of sp³-hybridized carbons (Fsp3) is 0.182. The minimum absolute atomic E-state index is 0.0139. The van der Waals surface area contributed by atoms with Crippen LogP contribution in [0.1, 0.15) is 11.4 Å². The van der Waals surface area contributed by atoms with E-state index >= 15 is 0 Å². The van der Waals surface area contributed by atoms with Gasteiger partial charge in [-0.15, -0.1) is 10.2 Å². The molecule has 1 aromatic carbocycles. The third kappa shape index (κ3) is 3.78. The van der Waals surface area contributed by atoms with E-state index in [0.29, 0.717) is 16.7 Å². The molecule has 5 aromatic rings. The Labute approximate surface area is 197 Å².